The molecule has 0 saturated carbocycles. The van der Waals surface area contributed by atoms with Gasteiger partial charge in [0.25, 0.3) is 0 Å². The third-order valence-corrected chi connectivity index (χ3v) is 7.19. The van der Waals surface area contributed by atoms with Crippen molar-refractivity contribution in [1.29, 1.82) is 0 Å². The summed E-state index contributed by atoms with van der Waals surface area (Å²) in [5.74, 6) is 2.74. The maximum atomic E-state index is 13.2. The van der Waals surface area contributed by atoms with Crippen molar-refractivity contribution in [2.45, 2.75) is 38.4 Å². The molecule has 0 bridgehead atoms. The predicted molar refractivity (Wildman–Crippen MR) is 135 cm³/mol. The molecule has 0 amide bonds. The number of ketones is 1. The first kappa shape index (κ1) is 23.9. The number of thioether (sulfide) groups is 1. The van der Waals surface area contributed by atoms with Crippen LogP contribution in [0.4, 0.5) is 0 Å². The Morgan fingerprint density at radius 3 is 2.53 bits per heavy atom. The van der Waals surface area contributed by atoms with Gasteiger partial charge in [0.05, 0.1) is 20.0 Å². The van der Waals surface area contributed by atoms with Crippen molar-refractivity contribution in [3.63, 3.8) is 0 Å². The van der Waals surface area contributed by atoms with E-state index < -0.39 is 0 Å². The molecule has 34 heavy (non-hydrogen) atoms. The zero-order valence-electron chi connectivity index (χ0n) is 20.3. The molecule has 4 rings (SSSR count). The number of aryl methyl sites for hydroxylation is 3. The molecule has 178 valence electrons. The lowest BCUT2D eigenvalue weighted by Gasteiger charge is -2.09. The fourth-order valence-corrected chi connectivity index (χ4v) is 5.18. The Balaban J connectivity index is 1.44. The maximum absolute atomic E-state index is 13.2. The summed E-state index contributed by atoms with van der Waals surface area (Å²) in [6.45, 7) is 4.96. The van der Waals surface area contributed by atoms with Crippen LogP contribution in [0.5, 0.6) is 11.5 Å². The van der Waals surface area contributed by atoms with Gasteiger partial charge in [-0.05, 0) is 44.0 Å². The number of hydrogen-bond acceptors (Lipinski definition) is 6. The lowest BCUT2D eigenvalue weighted by molar-refractivity contribution is 0.102. The first-order valence-corrected chi connectivity index (χ1v) is 12.3. The number of para-hydroxylation sites is 1. The second kappa shape index (κ2) is 10.3. The highest BCUT2D eigenvalue weighted by Gasteiger charge is 2.20. The molecule has 0 saturated heterocycles. The smallest absolute Gasteiger partial charge is 0.191 e. The molecule has 0 atom stereocenters. The molecule has 0 unspecified atom stereocenters. The van der Waals surface area contributed by atoms with Gasteiger partial charge in [-0.3, -0.25) is 4.79 Å². The molecule has 0 radical (unpaired) electrons. The monoisotopic (exact) mass is 478 g/mol. The van der Waals surface area contributed by atoms with Crippen LogP contribution in [-0.2, 0) is 26.4 Å². The van der Waals surface area contributed by atoms with E-state index in [1.54, 1.807) is 14.2 Å². The summed E-state index contributed by atoms with van der Waals surface area (Å²) in [5, 5.41) is 10.5. The van der Waals surface area contributed by atoms with Crippen LogP contribution in [0.3, 0.4) is 0 Å². The Bertz CT molecular complexity index is 1330. The van der Waals surface area contributed by atoms with Crippen molar-refractivity contribution in [3.8, 4) is 11.5 Å². The number of benzene rings is 2. The van der Waals surface area contributed by atoms with Crippen molar-refractivity contribution in [2.24, 2.45) is 7.05 Å². The number of ether oxygens (including phenoxy) is 2. The van der Waals surface area contributed by atoms with E-state index in [4.69, 9.17) is 9.47 Å². The third-order valence-electron chi connectivity index (χ3n) is 6.17. The van der Waals surface area contributed by atoms with Crippen LogP contribution in [0.2, 0.25) is 0 Å². The van der Waals surface area contributed by atoms with Gasteiger partial charge in [0, 0.05) is 42.2 Å². The summed E-state index contributed by atoms with van der Waals surface area (Å²) in [4.78, 5) is 13.2. The van der Waals surface area contributed by atoms with Crippen LogP contribution < -0.4 is 9.47 Å². The summed E-state index contributed by atoms with van der Waals surface area (Å²) in [7, 11) is 5.21. The highest BCUT2D eigenvalue weighted by molar-refractivity contribution is 7.99. The molecule has 0 spiro atoms. The van der Waals surface area contributed by atoms with Crippen molar-refractivity contribution in [2.75, 3.05) is 20.0 Å². The molecular formula is C26H30N4O3S. The number of Topliss-reactive ketones (excluding diaryl/α,β-unsaturated/α-hetero) is 1. The van der Waals surface area contributed by atoms with Crippen LogP contribution in [-0.4, -0.2) is 45.1 Å². The largest absolute Gasteiger partial charge is 0.493 e. The van der Waals surface area contributed by atoms with Gasteiger partial charge in [0.15, 0.2) is 22.4 Å². The molecule has 0 aliphatic carbocycles. The van der Waals surface area contributed by atoms with Crippen molar-refractivity contribution >= 4 is 28.4 Å². The molecule has 2 heterocycles. The lowest BCUT2D eigenvalue weighted by atomic mass is 10.1. The average Bonchev–Trinajstić information content (AvgIpc) is 3.36. The normalized spacial score (nSPS) is 11.2. The molecule has 2 aromatic heterocycles. The van der Waals surface area contributed by atoms with E-state index >= 15 is 0 Å². The average molecular weight is 479 g/mol. The van der Waals surface area contributed by atoms with Crippen LogP contribution in [0.15, 0.2) is 47.6 Å². The van der Waals surface area contributed by atoms with Gasteiger partial charge in [0.2, 0.25) is 0 Å². The second-order valence-corrected chi connectivity index (χ2v) is 9.02. The summed E-state index contributed by atoms with van der Waals surface area (Å²) in [6.07, 6.45) is 1.53. The Kier molecular flexibility index (Phi) is 7.26. The number of carbonyl (C=O) groups is 1. The van der Waals surface area contributed by atoms with Crippen LogP contribution in [0.25, 0.3) is 10.9 Å². The van der Waals surface area contributed by atoms with E-state index in [2.05, 4.69) is 27.8 Å². The number of rotatable bonds is 10. The first-order chi connectivity index (χ1) is 16.5. The first-order valence-electron chi connectivity index (χ1n) is 11.3. The van der Waals surface area contributed by atoms with Gasteiger partial charge >= 0.3 is 0 Å². The third kappa shape index (κ3) is 4.55. The Hall–Kier alpha value is -3.26. The van der Waals surface area contributed by atoms with E-state index in [1.165, 1.54) is 11.8 Å². The van der Waals surface area contributed by atoms with E-state index in [1.807, 2.05) is 54.9 Å². The van der Waals surface area contributed by atoms with E-state index in [0.29, 0.717) is 17.3 Å². The highest BCUT2D eigenvalue weighted by Crippen LogP contribution is 2.29. The number of nitrogens with zero attached hydrogens (tertiary/aromatic N) is 4. The van der Waals surface area contributed by atoms with E-state index in [-0.39, 0.29) is 5.78 Å². The van der Waals surface area contributed by atoms with Crippen molar-refractivity contribution < 1.29 is 14.3 Å². The molecule has 0 fully saturated rings. The zero-order chi connectivity index (χ0) is 24.2. The number of fused-ring (bicyclic) bond motifs is 1. The van der Waals surface area contributed by atoms with Crippen molar-refractivity contribution in [3.05, 3.63) is 65.1 Å². The number of methoxy groups -OCH3 is 2. The minimum atomic E-state index is 0.112. The Morgan fingerprint density at radius 1 is 1.03 bits per heavy atom. The summed E-state index contributed by atoms with van der Waals surface area (Å²) in [6, 6.07) is 14.0. The molecule has 0 aliphatic heterocycles. The highest BCUT2D eigenvalue weighted by atomic mass is 32.2. The predicted octanol–water partition coefficient (Wildman–Crippen LogP) is 4.88. The van der Waals surface area contributed by atoms with Crippen LogP contribution in [0, 0.1) is 6.92 Å². The van der Waals surface area contributed by atoms with Gasteiger partial charge in [-0.25, -0.2) is 0 Å². The van der Waals surface area contributed by atoms with Crippen LogP contribution in [0.1, 0.15) is 34.4 Å². The minimum absolute atomic E-state index is 0.112. The molecular weight excluding hydrogens is 448 g/mol. The van der Waals surface area contributed by atoms with Gasteiger partial charge in [-0.15, -0.1) is 10.2 Å². The Labute approximate surface area is 204 Å². The summed E-state index contributed by atoms with van der Waals surface area (Å²) >= 11 is 1.43. The number of carbonyl (C=O) groups excluding carboxylic acids is 1. The number of aromatic nitrogens is 4. The van der Waals surface area contributed by atoms with E-state index in [0.717, 1.165) is 58.1 Å². The quantitative estimate of drug-likeness (QED) is 0.239. The van der Waals surface area contributed by atoms with Gasteiger partial charge in [-0.1, -0.05) is 36.0 Å². The Morgan fingerprint density at radius 2 is 1.79 bits per heavy atom. The molecule has 0 N–H and O–H groups in total. The maximum Gasteiger partial charge on any atom is 0.191 e. The molecule has 4 aromatic rings. The SMILES string of the molecule is CCn1c(C)c(C(=O)CSc2nnc(CCc3ccc(OC)c(OC)c3)n2C)c2ccccc21. The van der Waals surface area contributed by atoms with Crippen molar-refractivity contribution in [1.82, 2.24) is 19.3 Å². The van der Waals surface area contributed by atoms with Gasteiger partial charge < -0.3 is 18.6 Å². The fourth-order valence-electron chi connectivity index (χ4n) is 4.37. The molecule has 7 nitrogen and oxygen atoms in total. The summed E-state index contributed by atoms with van der Waals surface area (Å²) < 4.78 is 14.9. The lowest BCUT2D eigenvalue weighted by Crippen LogP contribution is -2.07. The minimum Gasteiger partial charge on any atom is -0.493 e. The molecule has 8 heteroatoms. The van der Waals surface area contributed by atoms with Gasteiger partial charge in [-0.2, -0.15) is 0 Å². The number of hydrogen-bond donors (Lipinski definition) is 0. The standard InChI is InChI=1S/C26H30N4O3S/c1-6-30-17(2)25(19-9-7-8-10-20(19)30)21(31)16-34-26-28-27-24(29(26)3)14-12-18-11-13-22(32-4)23(15-18)33-5/h7-11,13,15H,6,12,14,16H2,1-5H3. The molecule has 2 aromatic carbocycles. The van der Waals surface area contributed by atoms with E-state index in [9.17, 15) is 4.79 Å². The van der Waals surface area contributed by atoms with Crippen LogP contribution >= 0.6 is 11.8 Å². The van der Waals surface area contributed by atoms with Gasteiger partial charge in [0.1, 0.15) is 5.82 Å². The second-order valence-electron chi connectivity index (χ2n) is 8.08. The topological polar surface area (TPSA) is 71.2 Å². The molecule has 0 aliphatic rings. The fraction of sp³-hybridized carbons (Fsp3) is 0.346. The summed E-state index contributed by atoms with van der Waals surface area (Å²) in [5.41, 5.74) is 4.06. The zero-order valence-corrected chi connectivity index (χ0v) is 21.1.